The zero-order chi connectivity index (χ0) is 14.8. The Morgan fingerprint density at radius 1 is 1.05 bits per heavy atom. The number of rotatable bonds is 9. The van der Waals surface area contributed by atoms with E-state index in [0.29, 0.717) is 12.3 Å². The SMILES string of the molecule is C=C(C)CCCN1CCN(C(=O)CCCCCN)CC1. The van der Waals surface area contributed by atoms with Gasteiger partial charge in [0.15, 0.2) is 0 Å². The van der Waals surface area contributed by atoms with E-state index >= 15 is 0 Å². The quantitative estimate of drug-likeness (QED) is 0.519. The van der Waals surface area contributed by atoms with E-state index in [1.54, 1.807) is 0 Å². The Morgan fingerprint density at radius 3 is 2.35 bits per heavy atom. The van der Waals surface area contributed by atoms with Crippen LogP contribution in [0.5, 0.6) is 0 Å². The second-order valence-electron chi connectivity index (χ2n) is 5.88. The summed E-state index contributed by atoms with van der Waals surface area (Å²) in [7, 11) is 0. The standard InChI is InChI=1S/C16H31N3O/c1-15(2)7-6-10-18-11-13-19(14-12-18)16(20)8-4-3-5-9-17/h1,3-14,17H2,2H3. The second kappa shape index (κ2) is 9.94. The fourth-order valence-electron chi connectivity index (χ4n) is 2.58. The van der Waals surface area contributed by atoms with Crippen LogP contribution in [-0.2, 0) is 4.79 Å². The molecule has 0 spiro atoms. The zero-order valence-electron chi connectivity index (χ0n) is 13.1. The van der Waals surface area contributed by atoms with Gasteiger partial charge in [0.2, 0.25) is 5.91 Å². The molecule has 0 aromatic heterocycles. The van der Waals surface area contributed by atoms with Crippen molar-refractivity contribution in [2.75, 3.05) is 39.3 Å². The summed E-state index contributed by atoms with van der Waals surface area (Å²) in [5.41, 5.74) is 6.72. The number of piperazine rings is 1. The van der Waals surface area contributed by atoms with Gasteiger partial charge >= 0.3 is 0 Å². The zero-order valence-corrected chi connectivity index (χ0v) is 13.1. The van der Waals surface area contributed by atoms with Crippen molar-refractivity contribution in [3.63, 3.8) is 0 Å². The molecule has 1 rings (SSSR count). The molecule has 0 saturated carbocycles. The Hall–Kier alpha value is -0.870. The molecule has 2 N–H and O–H groups in total. The summed E-state index contributed by atoms with van der Waals surface area (Å²) in [6.07, 6.45) is 6.07. The third-order valence-electron chi connectivity index (χ3n) is 3.90. The number of unbranched alkanes of at least 4 members (excludes halogenated alkanes) is 2. The highest BCUT2D eigenvalue weighted by molar-refractivity contribution is 5.76. The van der Waals surface area contributed by atoms with Gasteiger partial charge in [-0.3, -0.25) is 9.69 Å². The molecule has 0 bridgehead atoms. The molecule has 1 saturated heterocycles. The monoisotopic (exact) mass is 281 g/mol. The van der Waals surface area contributed by atoms with Gasteiger partial charge in [0.05, 0.1) is 0 Å². The molecule has 1 heterocycles. The van der Waals surface area contributed by atoms with Gasteiger partial charge in [0.25, 0.3) is 0 Å². The number of allylic oxidation sites excluding steroid dienone is 1. The average molecular weight is 281 g/mol. The molecule has 0 aliphatic carbocycles. The van der Waals surface area contributed by atoms with Crippen LogP contribution in [0.15, 0.2) is 12.2 Å². The van der Waals surface area contributed by atoms with E-state index in [4.69, 9.17) is 5.73 Å². The summed E-state index contributed by atoms with van der Waals surface area (Å²) in [5.74, 6) is 0.323. The summed E-state index contributed by atoms with van der Waals surface area (Å²) < 4.78 is 0. The molecular formula is C16H31N3O. The first-order valence-corrected chi connectivity index (χ1v) is 7.98. The number of nitrogens with two attached hydrogens (primary N) is 1. The largest absolute Gasteiger partial charge is 0.340 e. The molecule has 0 unspecified atom stereocenters. The van der Waals surface area contributed by atoms with Gasteiger partial charge in [-0.1, -0.05) is 12.0 Å². The number of hydrogen-bond donors (Lipinski definition) is 1. The minimum atomic E-state index is 0.323. The van der Waals surface area contributed by atoms with Crippen molar-refractivity contribution < 1.29 is 4.79 Å². The maximum Gasteiger partial charge on any atom is 0.222 e. The molecule has 0 radical (unpaired) electrons. The molecule has 0 atom stereocenters. The van der Waals surface area contributed by atoms with Crippen LogP contribution in [0.25, 0.3) is 0 Å². The Balaban J connectivity index is 2.11. The molecule has 1 aliphatic heterocycles. The normalized spacial score (nSPS) is 16.4. The van der Waals surface area contributed by atoms with Gasteiger partial charge in [-0.05, 0) is 45.7 Å². The average Bonchev–Trinajstić information content (AvgIpc) is 2.44. The summed E-state index contributed by atoms with van der Waals surface area (Å²) >= 11 is 0. The molecule has 116 valence electrons. The minimum Gasteiger partial charge on any atom is -0.340 e. The highest BCUT2D eigenvalue weighted by atomic mass is 16.2. The van der Waals surface area contributed by atoms with Gasteiger partial charge < -0.3 is 10.6 Å². The maximum atomic E-state index is 12.0. The molecule has 1 fully saturated rings. The third kappa shape index (κ3) is 7.06. The maximum absolute atomic E-state index is 12.0. The van der Waals surface area contributed by atoms with Gasteiger partial charge in [-0.25, -0.2) is 0 Å². The summed E-state index contributed by atoms with van der Waals surface area (Å²) in [6, 6.07) is 0. The molecule has 20 heavy (non-hydrogen) atoms. The van der Waals surface area contributed by atoms with Crippen LogP contribution >= 0.6 is 0 Å². The number of amides is 1. The smallest absolute Gasteiger partial charge is 0.222 e. The van der Waals surface area contributed by atoms with Gasteiger partial charge in [-0.15, -0.1) is 6.58 Å². The molecular weight excluding hydrogens is 250 g/mol. The molecule has 0 aromatic carbocycles. The number of hydrogen-bond acceptors (Lipinski definition) is 3. The van der Waals surface area contributed by atoms with Crippen molar-refractivity contribution in [3.8, 4) is 0 Å². The summed E-state index contributed by atoms with van der Waals surface area (Å²) in [5, 5.41) is 0. The number of nitrogens with zero attached hydrogens (tertiary/aromatic N) is 2. The molecule has 0 aromatic rings. The summed E-state index contributed by atoms with van der Waals surface area (Å²) in [6.45, 7) is 11.7. The third-order valence-corrected chi connectivity index (χ3v) is 3.90. The van der Waals surface area contributed by atoms with Crippen molar-refractivity contribution in [2.45, 2.75) is 45.4 Å². The van der Waals surface area contributed by atoms with E-state index in [2.05, 4.69) is 18.4 Å². The van der Waals surface area contributed by atoms with Gasteiger partial charge in [0.1, 0.15) is 0 Å². The predicted octanol–water partition coefficient (Wildman–Crippen LogP) is 2.01. The van der Waals surface area contributed by atoms with Crippen molar-refractivity contribution in [3.05, 3.63) is 12.2 Å². The predicted molar refractivity (Wildman–Crippen MR) is 84.6 cm³/mol. The van der Waals surface area contributed by atoms with Crippen molar-refractivity contribution in [1.29, 1.82) is 0 Å². The molecule has 4 nitrogen and oxygen atoms in total. The fourth-order valence-corrected chi connectivity index (χ4v) is 2.58. The Kier molecular flexibility index (Phi) is 8.54. The molecule has 4 heteroatoms. The second-order valence-corrected chi connectivity index (χ2v) is 5.88. The highest BCUT2D eigenvalue weighted by Gasteiger charge is 2.20. The van der Waals surface area contributed by atoms with E-state index < -0.39 is 0 Å². The van der Waals surface area contributed by atoms with E-state index in [1.165, 1.54) is 12.0 Å². The number of carbonyl (C=O) groups is 1. The highest BCUT2D eigenvalue weighted by Crippen LogP contribution is 2.09. The van der Waals surface area contributed by atoms with Crippen LogP contribution in [0.2, 0.25) is 0 Å². The van der Waals surface area contributed by atoms with E-state index in [1.807, 2.05) is 4.90 Å². The minimum absolute atomic E-state index is 0.323. The van der Waals surface area contributed by atoms with Crippen molar-refractivity contribution in [1.82, 2.24) is 9.80 Å². The van der Waals surface area contributed by atoms with Crippen LogP contribution in [-0.4, -0.2) is 55.0 Å². The number of carbonyl (C=O) groups excluding carboxylic acids is 1. The van der Waals surface area contributed by atoms with Gasteiger partial charge in [-0.2, -0.15) is 0 Å². The van der Waals surface area contributed by atoms with Gasteiger partial charge in [0, 0.05) is 32.6 Å². The fraction of sp³-hybridized carbons (Fsp3) is 0.812. The Morgan fingerprint density at radius 2 is 1.75 bits per heavy atom. The van der Waals surface area contributed by atoms with Crippen LogP contribution < -0.4 is 5.73 Å². The van der Waals surface area contributed by atoms with Crippen molar-refractivity contribution in [2.24, 2.45) is 5.73 Å². The first-order chi connectivity index (χ1) is 9.63. The molecule has 1 amide bonds. The van der Waals surface area contributed by atoms with E-state index in [-0.39, 0.29) is 0 Å². The topological polar surface area (TPSA) is 49.6 Å². The Bertz CT molecular complexity index is 296. The van der Waals surface area contributed by atoms with Crippen LogP contribution in [0.4, 0.5) is 0 Å². The van der Waals surface area contributed by atoms with Crippen LogP contribution in [0.1, 0.15) is 45.4 Å². The van der Waals surface area contributed by atoms with Crippen molar-refractivity contribution >= 4 is 5.91 Å². The lowest BCUT2D eigenvalue weighted by molar-refractivity contribution is -0.133. The molecule has 1 aliphatic rings. The first kappa shape index (κ1) is 17.2. The van der Waals surface area contributed by atoms with E-state index in [9.17, 15) is 4.79 Å². The summed E-state index contributed by atoms with van der Waals surface area (Å²) in [4.78, 5) is 16.5. The van der Waals surface area contributed by atoms with E-state index in [0.717, 1.165) is 65.0 Å². The van der Waals surface area contributed by atoms with Crippen LogP contribution in [0.3, 0.4) is 0 Å². The first-order valence-electron chi connectivity index (χ1n) is 7.98. The Labute approximate surface area is 124 Å². The van der Waals surface area contributed by atoms with Crippen LogP contribution in [0, 0.1) is 0 Å². The lowest BCUT2D eigenvalue weighted by Crippen LogP contribution is -2.48. The lowest BCUT2D eigenvalue weighted by Gasteiger charge is -2.34. The lowest BCUT2D eigenvalue weighted by atomic mass is 10.1.